The predicted molar refractivity (Wildman–Crippen MR) is 155 cm³/mol. The van der Waals surface area contributed by atoms with E-state index in [0.717, 1.165) is 16.5 Å². The Hall–Kier alpha value is -4.86. The zero-order valence-electron chi connectivity index (χ0n) is 22.9. The van der Waals surface area contributed by atoms with Gasteiger partial charge >= 0.3 is 0 Å². The molecule has 1 aromatic heterocycles. The van der Waals surface area contributed by atoms with Crippen molar-refractivity contribution in [2.24, 2.45) is 0 Å². The number of H-pyrrole nitrogens is 1. The van der Waals surface area contributed by atoms with Gasteiger partial charge in [-0.1, -0.05) is 30.3 Å². The molecular formula is C31H33N5O5. The summed E-state index contributed by atoms with van der Waals surface area (Å²) in [6.45, 7) is 1.50. The Morgan fingerprint density at radius 2 is 1.76 bits per heavy atom. The molecule has 0 fully saturated rings. The zero-order chi connectivity index (χ0) is 28.8. The van der Waals surface area contributed by atoms with Gasteiger partial charge in [0.05, 0.1) is 18.2 Å². The fraction of sp³-hybridized carbons (Fsp3) is 0.290. The lowest BCUT2D eigenvalue weighted by Crippen LogP contribution is -2.36. The fourth-order valence-corrected chi connectivity index (χ4v) is 5.05. The van der Waals surface area contributed by atoms with E-state index in [1.165, 1.54) is 7.11 Å². The molecule has 0 saturated heterocycles. The number of phenolic OH excluding ortho intramolecular Hbond substituents is 1. The summed E-state index contributed by atoms with van der Waals surface area (Å²) in [5, 5.41) is 24.3. The molecule has 3 aromatic carbocycles. The van der Waals surface area contributed by atoms with E-state index in [0.29, 0.717) is 73.6 Å². The summed E-state index contributed by atoms with van der Waals surface area (Å²) in [5.41, 5.74) is 3.63. The number of methoxy groups -OCH3 is 1. The minimum absolute atomic E-state index is 0.0911. The van der Waals surface area contributed by atoms with Crippen molar-refractivity contribution in [2.45, 2.75) is 25.7 Å². The molecule has 10 heteroatoms. The number of amides is 3. The van der Waals surface area contributed by atoms with Gasteiger partial charge in [0, 0.05) is 43.5 Å². The number of fused-ring (bicyclic) bond motifs is 6. The molecule has 2 heterocycles. The maximum atomic E-state index is 13.5. The second-order valence-electron chi connectivity index (χ2n) is 9.99. The third kappa shape index (κ3) is 6.32. The van der Waals surface area contributed by atoms with Crippen molar-refractivity contribution in [3.05, 3.63) is 77.5 Å². The topological polar surface area (TPSA) is 137 Å². The van der Waals surface area contributed by atoms with Crippen molar-refractivity contribution in [2.75, 3.05) is 33.3 Å². The van der Waals surface area contributed by atoms with Gasteiger partial charge in [-0.3, -0.25) is 19.5 Å². The number of aromatic hydroxyl groups is 1. The van der Waals surface area contributed by atoms with Crippen molar-refractivity contribution in [3.63, 3.8) is 0 Å². The highest BCUT2D eigenvalue weighted by molar-refractivity contribution is 6.04. The highest BCUT2D eigenvalue weighted by Gasteiger charge is 2.22. The van der Waals surface area contributed by atoms with E-state index < -0.39 is 0 Å². The Kier molecular flexibility index (Phi) is 8.47. The Bertz CT molecular complexity index is 1580. The highest BCUT2D eigenvalue weighted by atomic mass is 16.5. The largest absolute Gasteiger partial charge is 0.507 e. The van der Waals surface area contributed by atoms with Crippen molar-refractivity contribution in [3.8, 4) is 22.6 Å². The number of phenols is 1. The first kappa shape index (κ1) is 27.7. The van der Waals surface area contributed by atoms with Gasteiger partial charge in [0.1, 0.15) is 11.5 Å². The number of nitrogens with one attached hydrogen (secondary N) is 3. The number of aromatic amines is 1. The highest BCUT2D eigenvalue weighted by Crippen LogP contribution is 2.33. The van der Waals surface area contributed by atoms with Gasteiger partial charge in [-0.25, -0.2) is 0 Å². The van der Waals surface area contributed by atoms with Gasteiger partial charge in [0.2, 0.25) is 5.91 Å². The number of rotatable bonds is 2. The third-order valence-electron chi connectivity index (χ3n) is 7.23. The van der Waals surface area contributed by atoms with Crippen LogP contribution in [0.4, 0.5) is 0 Å². The van der Waals surface area contributed by atoms with Gasteiger partial charge in [0.15, 0.2) is 5.69 Å². The molecule has 0 radical (unpaired) electrons. The first-order valence-corrected chi connectivity index (χ1v) is 13.7. The van der Waals surface area contributed by atoms with Crippen LogP contribution in [0.2, 0.25) is 0 Å². The minimum atomic E-state index is -0.316. The van der Waals surface area contributed by atoms with E-state index in [1.54, 1.807) is 29.2 Å². The summed E-state index contributed by atoms with van der Waals surface area (Å²) in [5.74, 6) is -0.129. The molecule has 1 aliphatic heterocycles. The Balaban J connectivity index is 1.39. The van der Waals surface area contributed by atoms with Crippen molar-refractivity contribution >= 4 is 28.6 Å². The summed E-state index contributed by atoms with van der Waals surface area (Å²) in [6.07, 6.45) is 1.82. The lowest BCUT2D eigenvalue weighted by Gasteiger charge is -2.22. The molecule has 4 bridgehead atoms. The standard InChI is InChI=1S/C31H33N5O5/c1-41-27-12-10-21-19-24(27)30(39)33-14-5-17-36(31(40)29-22-6-2-3-7-25(22)34-35-29)16-4-8-28(38)32-15-13-20-9-11-26(37)23(21)18-20/h2-3,6-7,9-12,18-19,37H,4-5,8,13-17H2,1H3,(H,32,38)(H,33,39)(H,34,35). The van der Waals surface area contributed by atoms with Crippen molar-refractivity contribution < 1.29 is 24.2 Å². The number of benzene rings is 3. The molecule has 0 atom stereocenters. The normalized spacial score (nSPS) is 15.3. The summed E-state index contributed by atoms with van der Waals surface area (Å²) in [7, 11) is 1.50. The monoisotopic (exact) mass is 555 g/mol. The van der Waals surface area contributed by atoms with Gasteiger partial charge in [-0.2, -0.15) is 5.10 Å². The van der Waals surface area contributed by atoms with E-state index >= 15 is 0 Å². The maximum absolute atomic E-state index is 13.5. The number of ether oxygens (including phenoxy) is 1. The van der Waals surface area contributed by atoms with Gasteiger partial charge in [0.25, 0.3) is 11.8 Å². The molecule has 0 unspecified atom stereocenters. The Morgan fingerprint density at radius 3 is 2.61 bits per heavy atom. The fourth-order valence-electron chi connectivity index (χ4n) is 5.05. The Labute approximate surface area is 237 Å². The van der Waals surface area contributed by atoms with Gasteiger partial charge in [-0.05, 0) is 60.7 Å². The minimum Gasteiger partial charge on any atom is -0.507 e. The maximum Gasteiger partial charge on any atom is 0.274 e. The zero-order valence-corrected chi connectivity index (χ0v) is 22.9. The SMILES string of the molecule is COc1ccc2cc1C(=O)NCCCN(C(=O)c1n[nH]c3ccccc13)CCCC(=O)NCCc1ccc(O)c-2c1. The molecule has 212 valence electrons. The number of carbonyl (C=O) groups excluding carboxylic acids is 3. The van der Waals surface area contributed by atoms with Crippen LogP contribution in [0.25, 0.3) is 22.0 Å². The molecule has 4 N–H and O–H groups in total. The van der Waals surface area contributed by atoms with Crippen LogP contribution in [-0.2, 0) is 11.2 Å². The summed E-state index contributed by atoms with van der Waals surface area (Å²) in [6, 6.07) is 17.9. The second-order valence-corrected chi connectivity index (χ2v) is 9.99. The average Bonchev–Trinajstić information content (AvgIpc) is 3.42. The number of hydrogen-bond donors (Lipinski definition) is 4. The molecule has 0 aliphatic carbocycles. The first-order chi connectivity index (χ1) is 19.9. The van der Waals surface area contributed by atoms with Crippen molar-refractivity contribution in [1.82, 2.24) is 25.7 Å². The van der Waals surface area contributed by atoms with Crippen LogP contribution in [0.3, 0.4) is 0 Å². The second kappa shape index (κ2) is 12.5. The van der Waals surface area contributed by atoms with E-state index in [1.807, 2.05) is 36.4 Å². The molecule has 1 aliphatic rings. The first-order valence-electron chi connectivity index (χ1n) is 13.7. The van der Waals surface area contributed by atoms with E-state index in [4.69, 9.17) is 4.74 Å². The summed E-state index contributed by atoms with van der Waals surface area (Å²) >= 11 is 0. The summed E-state index contributed by atoms with van der Waals surface area (Å²) < 4.78 is 5.44. The van der Waals surface area contributed by atoms with Crippen LogP contribution in [0, 0.1) is 0 Å². The Morgan fingerprint density at radius 1 is 0.927 bits per heavy atom. The molecule has 41 heavy (non-hydrogen) atoms. The molecule has 4 aromatic rings. The number of hydrogen-bond acceptors (Lipinski definition) is 6. The van der Waals surface area contributed by atoms with Crippen LogP contribution < -0.4 is 15.4 Å². The van der Waals surface area contributed by atoms with Crippen LogP contribution in [0.15, 0.2) is 60.7 Å². The van der Waals surface area contributed by atoms with Crippen LogP contribution in [0.1, 0.15) is 45.7 Å². The molecular weight excluding hydrogens is 522 g/mol. The number of para-hydroxylation sites is 1. The van der Waals surface area contributed by atoms with Gasteiger partial charge in [-0.15, -0.1) is 0 Å². The van der Waals surface area contributed by atoms with Crippen LogP contribution >= 0.6 is 0 Å². The lowest BCUT2D eigenvalue weighted by atomic mass is 9.98. The molecule has 10 nitrogen and oxygen atoms in total. The summed E-state index contributed by atoms with van der Waals surface area (Å²) in [4.78, 5) is 41.0. The van der Waals surface area contributed by atoms with E-state index in [-0.39, 0.29) is 29.9 Å². The van der Waals surface area contributed by atoms with E-state index in [2.05, 4.69) is 20.8 Å². The molecule has 0 spiro atoms. The molecule has 3 amide bonds. The third-order valence-corrected chi connectivity index (χ3v) is 7.23. The predicted octanol–water partition coefficient (Wildman–Crippen LogP) is 3.66. The average molecular weight is 556 g/mol. The van der Waals surface area contributed by atoms with Crippen LogP contribution in [0.5, 0.6) is 11.5 Å². The quantitative estimate of drug-likeness (QED) is 0.298. The lowest BCUT2D eigenvalue weighted by molar-refractivity contribution is -0.121. The molecule has 0 saturated carbocycles. The number of aromatic nitrogens is 2. The van der Waals surface area contributed by atoms with E-state index in [9.17, 15) is 19.5 Å². The van der Waals surface area contributed by atoms with Gasteiger partial charge < -0.3 is 25.4 Å². The van der Waals surface area contributed by atoms with Crippen LogP contribution in [-0.4, -0.2) is 71.2 Å². The molecule has 5 rings (SSSR count). The number of nitrogens with zero attached hydrogens (tertiary/aromatic N) is 2. The smallest absolute Gasteiger partial charge is 0.274 e. The van der Waals surface area contributed by atoms with Crippen molar-refractivity contribution in [1.29, 1.82) is 0 Å². The number of carbonyl (C=O) groups is 3.